The Kier molecular flexibility index (Phi) is 11.4. The molecule has 0 aliphatic carbocycles. The highest BCUT2D eigenvalue weighted by atomic mass is 35.5. The topological polar surface area (TPSA) is 40.5 Å². The molecule has 0 fully saturated rings. The lowest BCUT2D eigenvalue weighted by atomic mass is 10.2. The van der Waals surface area contributed by atoms with Crippen LogP contribution in [0.4, 0.5) is 0 Å². The number of carboxylic acids is 1. The number of carbonyl (C=O) groups is 1. The quantitative estimate of drug-likeness (QED) is 0.859. The second-order valence-corrected chi connectivity index (χ2v) is 4.00. The van der Waals surface area contributed by atoms with Crippen LogP contribution in [-0.4, -0.2) is 30.1 Å². The average Bonchev–Trinajstić information content (AvgIpc) is 2.29. The molecule has 1 rings (SSSR count). The molecule has 3 nitrogen and oxygen atoms in total. The SMILES string of the molecule is CC=C(C)C(=O)O.CN(C)Cc1ccccc1.Cl. The molecular formula is C14H22ClNO2. The molecule has 0 amide bonds. The number of halogens is 1. The minimum Gasteiger partial charge on any atom is -0.478 e. The first kappa shape index (κ1) is 19.0. The van der Waals surface area contributed by atoms with Gasteiger partial charge in [0.05, 0.1) is 0 Å². The molecule has 0 bridgehead atoms. The summed E-state index contributed by atoms with van der Waals surface area (Å²) in [5.41, 5.74) is 1.76. The molecule has 102 valence electrons. The molecule has 0 aliphatic rings. The van der Waals surface area contributed by atoms with Gasteiger partial charge in [0.1, 0.15) is 0 Å². The van der Waals surface area contributed by atoms with Crippen LogP contribution in [-0.2, 0) is 11.3 Å². The normalized spacial score (nSPS) is 10.2. The van der Waals surface area contributed by atoms with Crippen molar-refractivity contribution in [2.75, 3.05) is 14.1 Å². The van der Waals surface area contributed by atoms with Crippen molar-refractivity contribution in [1.29, 1.82) is 0 Å². The minimum absolute atomic E-state index is 0. The maximum Gasteiger partial charge on any atom is 0.330 e. The number of nitrogens with zero attached hydrogens (tertiary/aromatic N) is 1. The Morgan fingerprint density at radius 2 is 1.78 bits per heavy atom. The van der Waals surface area contributed by atoms with Gasteiger partial charge in [-0.25, -0.2) is 4.79 Å². The lowest BCUT2D eigenvalue weighted by molar-refractivity contribution is -0.132. The highest BCUT2D eigenvalue weighted by Crippen LogP contribution is 1.99. The van der Waals surface area contributed by atoms with Crippen LogP contribution in [0.15, 0.2) is 42.0 Å². The molecule has 1 aromatic carbocycles. The van der Waals surface area contributed by atoms with E-state index in [-0.39, 0.29) is 12.4 Å². The molecule has 0 saturated carbocycles. The summed E-state index contributed by atoms with van der Waals surface area (Å²) in [6.07, 6.45) is 1.56. The molecule has 0 spiro atoms. The third-order valence-corrected chi connectivity index (χ3v) is 2.11. The van der Waals surface area contributed by atoms with Crippen molar-refractivity contribution in [3.8, 4) is 0 Å². The van der Waals surface area contributed by atoms with Gasteiger partial charge in [-0.3, -0.25) is 0 Å². The number of allylic oxidation sites excluding steroid dienone is 1. The monoisotopic (exact) mass is 271 g/mol. The van der Waals surface area contributed by atoms with Crippen molar-refractivity contribution in [2.24, 2.45) is 0 Å². The van der Waals surface area contributed by atoms with Crippen LogP contribution in [0.3, 0.4) is 0 Å². The smallest absolute Gasteiger partial charge is 0.330 e. The van der Waals surface area contributed by atoms with E-state index >= 15 is 0 Å². The fourth-order valence-electron chi connectivity index (χ4n) is 1.07. The Morgan fingerprint density at radius 1 is 1.28 bits per heavy atom. The van der Waals surface area contributed by atoms with Gasteiger partial charge >= 0.3 is 5.97 Å². The standard InChI is InChI=1S/C9H13N.C5H8O2.ClH/c1-10(2)8-9-6-4-3-5-7-9;1-3-4(2)5(6)7;/h3-7H,8H2,1-2H3;3H,1-2H3,(H,6,7);1H. The van der Waals surface area contributed by atoms with Crippen molar-refractivity contribution in [1.82, 2.24) is 4.90 Å². The van der Waals surface area contributed by atoms with Gasteiger partial charge in [0.15, 0.2) is 0 Å². The first-order valence-corrected chi connectivity index (χ1v) is 5.52. The van der Waals surface area contributed by atoms with Gasteiger partial charge in [0.2, 0.25) is 0 Å². The number of benzene rings is 1. The Balaban J connectivity index is 0. The van der Waals surface area contributed by atoms with Crippen LogP contribution in [0.5, 0.6) is 0 Å². The maximum atomic E-state index is 9.86. The van der Waals surface area contributed by atoms with Gasteiger partial charge in [-0.1, -0.05) is 36.4 Å². The highest BCUT2D eigenvalue weighted by molar-refractivity contribution is 5.85. The lowest BCUT2D eigenvalue weighted by Gasteiger charge is -2.08. The minimum atomic E-state index is -0.845. The van der Waals surface area contributed by atoms with Gasteiger partial charge in [-0.2, -0.15) is 0 Å². The van der Waals surface area contributed by atoms with E-state index in [1.807, 2.05) is 6.07 Å². The van der Waals surface area contributed by atoms with E-state index in [1.54, 1.807) is 19.9 Å². The summed E-state index contributed by atoms with van der Waals surface area (Å²) < 4.78 is 0. The first-order chi connectivity index (χ1) is 7.97. The highest BCUT2D eigenvalue weighted by Gasteiger charge is 1.93. The summed E-state index contributed by atoms with van der Waals surface area (Å²) in [4.78, 5) is 12.0. The zero-order valence-corrected chi connectivity index (χ0v) is 12.2. The number of hydrogen-bond donors (Lipinski definition) is 1. The molecule has 0 heterocycles. The van der Waals surface area contributed by atoms with Gasteiger partial charge in [-0.15, -0.1) is 12.4 Å². The van der Waals surface area contributed by atoms with E-state index < -0.39 is 5.97 Å². The lowest BCUT2D eigenvalue weighted by Crippen LogP contribution is -2.10. The predicted molar refractivity (Wildman–Crippen MR) is 78.1 cm³/mol. The number of carboxylic acid groups (broad SMARTS) is 1. The largest absolute Gasteiger partial charge is 0.478 e. The summed E-state index contributed by atoms with van der Waals surface area (Å²) >= 11 is 0. The van der Waals surface area contributed by atoms with E-state index in [0.717, 1.165) is 6.54 Å². The molecule has 0 atom stereocenters. The first-order valence-electron chi connectivity index (χ1n) is 5.52. The van der Waals surface area contributed by atoms with Crippen LogP contribution in [0.1, 0.15) is 19.4 Å². The molecule has 0 aliphatic heterocycles. The zero-order valence-electron chi connectivity index (χ0n) is 11.4. The van der Waals surface area contributed by atoms with Crippen LogP contribution in [0, 0.1) is 0 Å². The van der Waals surface area contributed by atoms with E-state index in [4.69, 9.17) is 5.11 Å². The Hall–Kier alpha value is -1.32. The zero-order chi connectivity index (χ0) is 13.3. The molecule has 0 saturated heterocycles. The molecular weight excluding hydrogens is 250 g/mol. The number of rotatable bonds is 3. The van der Waals surface area contributed by atoms with Crippen LogP contribution in [0.25, 0.3) is 0 Å². The van der Waals surface area contributed by atoms with Gasteiger partial charge in [-0.05, 0) is 33.5 Å². The van der Waals surface area contributed by atoms with Crippen molar-refractivity contribution in [3.63, 3.8) is 0 Å². The Bertz CT molecular complexity index is 361. The van der Waals surface area contributed by atoms with E-state index in [9.17, 15) is 4.79 Å². The van der Waals surface area contributed by atoms with Crippen molar-refractivity contribution in [2.45, 2.75) is 20.4 Å². The van der Waals surface area contributed by atoms with E-state index in [2.05, 4.69) is 43.3 Å². The molecule has 4 heteroatoms. The van der Waals surface area contributed by atoms with Gasteiger partial charge in [0, 0.05) is 12.1 Å². The van der Waals surface area contributed by atoms with Crippen molar-refractivity contribution < 1.29 is 9.90 Å². The second kappa shape index (κ2) is 10.8. The summed E-state index contributed by atoms with van der Waals surface area (Å²) in [6, 6.07) is 10.5. The third-order valence-electron chi connectivity index (χ3n) is 2.11. The molecule has 1 aromatic rings. The summed E-state index contributed by atoms with van der Waals surface area (Å²) in [5.74, 6) is -0.845. The second-order valence-electron chi connectivity index (χ2n) is 4.00. The Morgan fingerprint density at radius 3 is 2.06 bits per heavy atom. The van der Waals surface area contributed by atoms with E-state index in [1.165, 1.54) is 5.56 Å². The molecule has 0 radical (unpaired) electrons. The Labute approximate surface area is 116 Å². The average molecular weight is 272 g/mol. The van der Waals surface area contributed by atoms with Crippen molar-refractivity contribution >= 4 is 18.4 Å². The summed E-state index contributed by atoms with van der Waals surface area (Å²) in [5, 5.41) is 8.11. The molecule has 0 aromatic heterocycles. The molecule has 18 heavy (non-hydrogen) atoms. The van der Waals surface area contributed by atoms with Crippen LogP contribution in [0.2, 0.25) is 0 Å². The number of hydrogen-bond acceptors (Lipinski definition) is 2. The molecule has 1 N–H and O–H groups in total. The van der Waals surface area contributed by atoms with E-state index in [0.29, 0.717) is 5.57 Å². The van der Waals surface area contributed by atoms with Crippen LogP contribution < -0.4 is 0 Å². The van der Waals surface area contributed by atoms with Crippen molar-refractivity contribution in [3.05, 3.63) is 47.5 Å². The van der Waals surface area contributed by atoms with Gasteiger partial charge in [0.25, 0.3) is 0 Å². The summed E-state index contributed by atoms with van der Waals surface area (Å²) in [6.45, 7) is 4.28. The fraction of sp³-hybridized carbons (Fsp3) is 0.357. The third kappa shape index (κ3) is 9.87. The maximum absolute atomic E-state index is 9.86. The van der Waals surface area contributed by atoms with Crippen LogP contribution >= 0.6 is 12.4 Å². The molecule has 0 unspecified atom stereocenters. The number of aliphatic carboxylic acids is 1. The van der Waals surface area contributed by atoms with Gasteiger partial charge < -0.3 is 10.0 Å². The summed E-state index contributed by atoms with van der Waals surface area (Å²) in [7, 11) is 4.15. The fourth-order valence-corrected chi connectivity index (χ4v) is 1.07. The predicted octanol–water partition coefficient (Wildman–Crippen LogP) is 3.21.